The smallest absolute Gasteiger partial charge is 0.422 e. The Morgan fingerprint density at radius 2 is 1.84 bits per heavy atom. The van der Waals surface area contributed by atoms with Gasteiger partial charge in [-0.3, -0.25) is 0 Å². The van der Waals surface area contributed by atoms with Gasteiger partial charge in [-0.25, -0.2) is 0 Å². The van der Waals surface area contributed by atoms with Crippen LogP contribution < -0.4 is 10.1 Å². The molecule has 0 saturated heterocycles. The molecule has 0 spiro atoms. The number of anilines is 1. The largest absolute Gasteiger partial charge is 0.484 e. The first-order chi connectivity index (χ1) is 9.03. The number of rotatable bonds is 5. The van der Waals surface area contributed by atoms with Gasteiger partial charge < -0.3 is 14.5 Å². The van der Waals surface area contributed by atoms with Crippen molar-refractivity contribution >= 4 is 5.69 Å². The predicted molar refractivity (Wildman–Crippen MR) is 64.0 cm³/mol. The third kappa shape index (κ3) is 4.57. The number of hydrogen-bond donors (Lipinski definition) is 1. The Morgan fingerprint density at radius 3 is 2.42 bits per heavy atom. The van der Waals surface area contributed by atoms with Gasteiger partial charge in [-0.1, -0.05) is 0 Å². The van der Waals surface area contributed by atoms with E-state index < -0.39 is 12.8 Å². The number of hydrogen-bond acceptors (Lipinski definition) is 3. The molecule has 0 saturated carbocycles. The van der Waals surface area contributed by atoms with Gasteiger partial charge in [0.15, 0.2) is 6.61 Å². The topological polar surface area (TPSA) is 34.4 Å². The standard InChI is InChI=1S/C13H12F3NO2/c14-13(15,16)9-19-12-3-1-11(2-4-12)17-7-10-5-6-18-8-10/h1-6,8,17H,7,9H2. The molecule has 1 N–H and O–H groups in total. The second kappa shape index (κ2) is 5.69. The van der Waals surface area contributed by atoms with Crippen LogP contribution in [0.2, 0.25) is 0 Å². The summed E-state index contributed by atoms with van der Waals surface area (Å²) < 4.78 is 45.4. The molecule has 6 heteroatoms. The Kier molecular flexibility index (Phi) is 3.99. The van der Waals surface area contributed by atoms with Crippen molar-refractivity contribution in [1.29, 1.82) is 0 Å². The summed E-state index contributed by atoms with van der Waals surface area (Å²) in [6, 6.07) is 8.12. The number of nitrogens with one attached hydrogen (secondary N) is 1. The fourth-order valence-electron chi connectivity index (χ4n) is 1.43. The van der Waals surface area contributed by atoms with E-state index in [2.05, 4.69) is 10.1 Å². The highest BCUT2D eigenvalue weighted by Gasteiger charge is 2.28. The van der Waals surface area contributed by atoms with Crippen LogP contribution in [-0.2, 0) is 6.54 Å². The van der Waals surface area contributed by atoms with Crippen LogP contribution >= 0.6 is 0 Å². The second-order valence-electron chi connectivity index (χ2n) is 3.91. The van der Waals surface area contributed by atoms with Gasteiger partial charge in [0.05, 0.1) is 12.5 Å². The van der Waals surface area contributed by atoms with Gasteiger partial charge in [0, 0.05) is 17.8 Å². The van der Waals surface area contributed by atoms with Crippen LogP contribution in [0.4, 0.5) is 18.9 Å². The maximum absolute atomic E-state index is 12.0. The molecule has 102 valence electrons. The first-order valence-corrected chi connectivity index (χ1v) is 5.57. The van der Waals surface area contributed by atoms with Gasteiger partial charge in [0.1, 0.15) is 5.75 Å². The molecule has 0 fully saturated rings. The average Bonchev–Trinajstić information content (AvgIpc) is 2.87. The number of benzene rings is 1. The van der Waals surface area contributed by atoms with E-state index in [4.69, 9.17) is 4.42 Å². The van der Waals surface area contributed by atoms with Gasteiger partial charge in [0.2, 0.25) is 0 Å². The van der Waals surface area contributed by atoms with Crippen molar-refractivity contribution in [2.24, 2.45) is 0 Å². The highest BCUT2D eigenvalue weighted by molar-refractivity contribution is 5.46. The van der Waals surface area contributed by atoms with Crippen LogP contribution in [0.25, 0.3) is 0 Å². The Labute approximate surface area is 108 Å². The molecule has 19 heavy (non-hydrogen) atoms. The summed E-state index contributed by atoms with van der Waals surface area (Å²) in [5.74, 6) is 0.186. The Balaban J connectivity index is 1.84. The molecule has 3 nitrogen and oxygen atoms in total. The summed E-state index contributed by atoms with van der Waals surface area (Å²) in [7, 11) is 0. The van der Waals surface area contributed by atoms with Crippen LogP contribution in [0.5, 0.6) is 5.75 Å². The summed E-state index contributed by atoms with van der Waals surface area (Å²) in [5.41, 5.74) is 1.78. The molecular weight excluding hydrogens is 259 g/mol. The lowest BCUT2D eigenvalue weighted by Crippen LogP contribution is -2.19. The van der Waals surface area contributed by atoms with Crippen LogP contribution in [0, 0.1) is 0 Å². The molecule has 0 aliphatic rings. The monoisotopic (exact) mass is 271 g/mol. The van der Waals surface area contributed by atoms with E-state index in [9.17, 15) is 13.2 Å². The van der Waals surface area contributed by atoms with Crippen molar-refractivity contribution in [1.82, 2.24) is 0 Å². The summed E-state index contributed by atoms with van der Waals surface area (Å²) in [4.78, 5) is 0. The first-order valence-electron chi connectivity index (χ1n) is 5.57. The molecule has 0 aliphatic carbocycles. The Hall–Kier alpha value is -2.11. The lowest BCUT2D eigenvalue weighted by molar-refractivity contribution is -0.153. The van der Waals surface area contributed by atoms with E-state index in [0.29, 0.717) is 6.54 Å². The highest BCUT2D eigenvalue weighted by Crippen LogP contribution is 2.20. The normalized spacial score (nSPS) is 11.3. The van der Waals surface area contributed by atoms with Gasteiger partial charge in [-0.05, 0) is 30.3 Å². The number of alkyl halides is 3. The van der Waals surface area contributed by atoms with Crippen molar-refractivity contribution in [2.75, 3.05) is 11.9 Å². The molecule has 2 aromatic rings. The number of furan rings is 1. The zero-order chi connectivity index (χ0) is 13.7. The lowest BCUT2D eigenvalue weighted by Gasteiger charge is -2.10. The second-order valence-corrected chi connectivity index (χ2v) is 3.91. The van der Waals surface area contributed by atoms with E-state index in [0.717, 1.165) is 11.3 Å². The molecule has 2 rings (SSSR count). The molecule has 0 bridgehead atoms. The van der Waals surface area contributed by atoms with Crippen molar-refractivity contribution in [3.63, 3.8) is 0 Å². The average molecular weight is 271 g/mol. The van der Waals surface area contributed by atoms with E-state index in [1.165, 1.54) is 12.1 Å². The minimum Gasteiger partial charge on any atom is -0.484 e. The maximum atomic E-state index is 12.0. The SMILES string of the molecule is FC(F)(F)COc1ccc(NCc2ccoc2)cc1. The lowest BCUT2D eigenvalue weighted by atomic mass is 10.3. The molecule has 0 unspecified atom stereocenters. The molecular formula is C13H12F3NO2. The van der Waals surface area contributed by atoms with E-state index in [1.54, 1.807) is 24.7 Å². The summed E-state index contributed by atoms with van der Waals surface area (Å²) in [5, 5.41) is 3.11. The highest BCUT2D eigenvalue weighted by atomic mass is 19.4. The zero-order valence-electron chi connectivity index (χ0n) is 9.91. The van der Waals surface area contributed by atoms with Gasteiger partial charge >= 0.3 is 6.18 Å². The predicted octanol–water partition coefficient (Wildman–Crippen LogP) is 3.83. The molecule has 0 amide bonds. The fraction of sp³-hybridized carbons (Fsp3) is 0.231. The number of ether oxygens (including phenoxy) is 1. The molecule has 1 aromatic carbocycles. The third-order valence-corrected chi connectivity index (χ3v) is 2.33. The molecule has 0 atom stereocenters. The van der Waals surface area contributed by atoms with Crippen molar-refractivity contribution < 1.29 is 22.3 Å². The van der Waals surface area contributed by atoms with E-state index in [1.807, 2.05) is 6.07 Å². The van der Waals surface area contributed by atoms with Crippen molar-refractivity contribution in [2.45, 2.75) is 12.7 Å². The van der Waals surface area contributed by atoms with Gasteiger partial charge in [-0.15, -0.1) is 0 Å². The Bertz CT molecular complexity index is 492. The van der Waals surface area contributed by atoms with Crippen molar-refractivity contribution in [3.05, 3.63) is 48.4 Å². The van der Waals surface area contributed by atoms with Crippen molar-refractivity contribution in [3.8, 4) is 5.75 Å². The minimum atomic E-state index is -4.32. The summed E-state index contributed by atoms with van der Waals surface area (Å²) in [6.45, 7) is -0.700. The van der Waals surface area contributed by atoms with E-state index >= 15 is 0 Å². The summed E-state index contributed by atoms with van der Waals surface area (Å²) >= 11 is 0. The van der Waals surface area contributed by atoms with Crippen LogP contribution in [0.3, 0.4) is 0 Å². The third-order valence-electron chi connectivity index (χ3n) is 2.33. The van der Waals surface area contributed by atoms with Crippen LogP contribution in [0.15, 0.2) is 47.3 Å². The quantitative estimate of drug-likeness (QED) is 0.897. The maximum Gasteiger partial charge on any atom is 0.422 e. The fourth-order valence-corrected chi connectivity index (χ4v) is 1.43. The molecule has 0 radical (unpaired) electrons. The van der Waals surface area contributed by atoms with E-state index in [-0.39, 0.29) is 5.75 Å². The summed E-state index contributed by atoms with van der Waals surface area (Å²) in [6.07, 6.45) is -1.13. The number of halogens is 3. The molecule has 0 aliphatic heterocycles. The zero-order valence-corrected chi connectivity index (χ0v) is 9.91. The van der Waals surface area contributed by atoms with Crippen LogP contribution in [-0.4, -0.2) is 12.8 Å². The van der Waals surface area contributed by atoms with Gasteiger partial charge in [0.25, 0.3) is 0 Å². The van der Waals surface area contributed by atoms with Gasteiger partial charge in [-0.2, -0.15) is 13.2 Å². The van der Waals surface area contributed by atoms with Crippen LogP contribution in [0.1, 0.15) is 5.56 Å². The Morgan fingerprint density at radius 1 is 1.11 bits per heavy atom. The first kappa shape index (κ1) is 13.3. The molecule has 1 heterocycles. The minimum absolute atomic E-state index is 0.186. The molecule has 1 aromatic heterocycles.